The molecule has 20 heavy (non-hydrogen) atoms. The molecule has 0 spiro atoms. The maximum Gasteiger partial charge on any atom is 0.205 e. The summed E-state index contributed by atoms with van der Waals surface area (Å²) < 4.78 is 26.8. The maximum absolute atomic E-state index is 11.2. The molecule has 1 aliphatic heterocycles. The zero-order chi connectivity index (χ0) is 14.6. The van der Waals surface area contributed by atoms with Gasteiger partial charge >= 0.3 is 0 Å². The van der Waals surface area contributed by atoms with Crippen LogP contribution in [-0.4, -0.2) is 67.4 Å². The van der Waals surface area contributed by atoms with Gasteiger partial charge in [0.25, 0.3) is 0 Å². The van der Waals surface area contributed by atoms with Gasteiger partial charge in [-0.1, -0.05) is 6.92 Å². The summed E-state index contributed by atoms with van der Waals surface area (Å²) in [5.74, 6) is 1.15. The fraction of sp³-hybridized carbons (Fsp3) is 0.833. The Morgan fingerprint density at radius 3 is 2.70 bits per heavy atom. The predicted octanol–water partition coefficient (Wildman–Crippen LogP) is 0.657. The molecule has 0 amide bonds. The molecule has 0 unspecified atom stereocenters. The van der Waals surface area contributed by atoms with Crippen molar-refractivity contribution >= 4 is 26.5 Å². The van der Waals surface area contributed by atoms with Crippen molar-refractivity contribution in [2.45, 2.75) is 19.8 Å². The zero-order valence-corrected chi connectivity index (χ0v) is 13.7. The topological polar surface area (TPSA) is 66.4 Å². The number of nitrogens with zero attached hydrogens (tertiary/aromatic N) is 4. The molecule has 1 aromatic heterocycles. The highest BCUT2D eigenvalue weighted by molar-refractivity contribution is 7.90. The predicted molar refractivity (Wildman–Crippen MR) is 82.3 cm³/mol. The molecule has 8 heteroatoms. The van der Waals surface area contributed by atoms with Gasteiger partial charge in [-0.25, -0.2) is 13.4 Å². The average Bonchev–Trinajstić information content (AvgIpc) is 2.74. The van der Waals surface area contributed by atoms with E-state index in [0.29, 0.717) is 6.54 Å². The summed E-state index contributed by atoms with van der Waals surface area (Å²) in [5, 5.41) is 0.992. The van der Waals surface area contributed by atoms with Gasteiger partial charge in [0.2, 0.25) is 5.13 Å². The molecule has 114 valence electrons. The van der Waals surface area contributed by atoms with Crippen LogP contribution in [0.15, 0.2) is 0 Å². The van der Waals surface area contributed by atoms with Crippen LogP contribution < -0.4 is 4.90 Å². The second-order valence-corrected chi connectivity index (χ2v) is 8.15. The Kier molecular flexibility index (Phi) is 5.34. The van der Waals surface area contributed by atoms with E-state index in [4.69, 9.17) is 0 Å². The van der Waals surface area contributed by atoms with Gasteiger partial charge in [0.05, 0.1) is 5.75 Å². The summed E-state index contributed by atoms with van der Waals surface area (Å²) in [6.07, 6.45) is 3.19. The summed E-state index contributed by atoms with van der Waals surface area (Å²) in [6, 6.07) is 0. The van der Waals surface area contributed by atoms with Crippen LogP contribution in [0.1, 0.15) is 19.2 Å². The highest BCUT2D eigenvalue weighted by Gasteiger charge is 2.18. The summed E-state index contributed by atoms with van der Waals surface area (Å²) >= 11 is 1.46. The Morgan fingerprint density at radius 2 is 2.05 bits per heavy atom. The van der Waals surface area contributed by atoms with E-state index in [9.17, 15) is 8.42 Å². The first-order valence-electron chi connectivity index (χ1n) is 6.95. The van der Waals surface area contributed by atoms with Gasteiger partial charge in [-0.2, -0.15) is 4.37 Å². The molecule has 0 radical (unpaired) electrons. The van der Waals surface area contributed by atoms with Crippen molar-refractivity contribution < 1.29 is 8.42 Å². The Bertz CT molecular complexity index is 529. The van der Waals surface area contributed by atoms with E-state index in [-0.39, 0.29) is 5.75 Å². The number of sulfone groups is 1. The Labute approximate surface area is 124 Å². The minimum Gasteiger partial charge on any atom is -0.346 e. The van der Waals surface area contributed by atoms with Gasteiger partial charge in [0.15, 0.2) is 0 Å². The fourth-order valence-electron chi connectivity index (χ4n) is 2.20. The number of hydrogen-bond donors (Lipinski definition) is 0. The highest BCUT2D eigenvalue weighted by atomic mass is 32.2. The molecule has 1 aliphatic rings. The second-order valence-electron chi connectivity index (χ2n) is 5.16. The molecule has 6 nitrogen and oxygen atoms in total. The molecular weight excluding hydrogens is 296 g/mol. The summed E-state index contributed by atoms with van der Waals surface area (Å²) in [5.41, 5.74) is 0. The lowest BCUT2D eigenvalue weighted by Gasteiger charge is -2.20. The zero-order valence-electron chi connectivity index (χ0n) is 12.1. The molecule has 1 aromatic rings. The largest absolute Gasteiger partial charge is 0.346 e. The van der Waals surface area contributed by atoms with Crippen LogP contribution in [0.5, 0.6) is 0 Å². The van der Waals surface area contributed by atoms with Gasteiger partial charge in [-0.05, 0) is 13.0 Å². The lowest BCUT2D eigenvalue weighted by Crippen LogP contribution is -2.33. The van der Waals surface area contributed by atoms with Crippen LogP contribution >= 0.6 is 11.5 Å². The Balaban J connectivity index is 1.88. The van der Waals surface area contributed by atoms with E-state index < -0.39 is 9.84 Å². The van der Waals surface area contributed by atoms with E-state index in [1.54, 1.807) is 0 Å². The highest BCUT2D eigenvalue weighted by Crippen LogP contribution is 2.19. The molecule has 0 bridgehead atoms. The lowest BCUT2D eigenvalue weighted by molar-refractivity contribution is 0.310. The van der Waals surface area contributed by atoms with Crippen molar-refractivity contribution in [3.05, 3.63) is 5.82 Å². The number of aromatic nitrogens is 2. The lowest BCUT2D eigenvalue weighted by atomic mass is 10.4. The van der Waals surface area contributed by atoms with Crippen LogP contribution in [0, 0.1) is 0 Å². The van der Waals surface area contributed by atoms with Gasteiger partial charge in [0, 0.05) is 50.4 Å². The SMILES string of the molecule is CCc1nsc(N2CCCN(CCS(C)(=O)=O)CC2)n1. The monoisotopic (exact) mass is 318 g/mol. The fourth-order valence-corrected chi connectivity index (χ4v) is 3.59. The molecular formula is C12H22N4O2S2. The van der Waals surface area contributed by atoms with Gasteiger partial charge < -0.3 is 9.80 Å². The van der Waals surface area contributed by atoms with Gasteiger partial charge in [-0.15, -0.1) is 0 Å². The standard InChI is InChI=1S/C12H22N4O2S2/c1-3-11-13-12(19-14-11)16-6-4-5-15(7-8-16)9-10-20(2,17)18/h3-10H2,1-2H3. The van der Waals surface area contributed by atoms with Crippen molar-refractivity contribution in [3.8, 4) is 0 Å². The number of aryl methyl sites for hydroxylation is 1. The third-order valence-electron chi connectivity index (χ3n) is 3.41. The first kappa shape index (κ1) is 15.7. The first-order chi connectivity index (χ1) is 9.48. The molecule has 2 rings (SSSR count). The molecule has 2 heterocycles. The van der Waals surface area contributed by atoms with Gasteiger partial charge in [-0.3, -0.25) is 0 Å². The van der Waals surface area contributed by atoms with Crippen molar-refractivity contribution in [2.24, 2.45) is 0 Å². The smallest absolute Gasteiger partial charge is 0.205 e. The average molecular weight is 318 g/mol. The van der Waals surface area contributed by atoms with E-state index in [2.05, 4.69) is 26.1 Å². The van der Waals surface area contributed by atoms with Crippen LogP contribution in [-0.2, 0) is 16.3 Å². The summed E-state index contributed by atoms with van der Waals surface area (Å²) in [6.45, 7) is 6.38. The van der Waals surface area contributed by atoms with Crippen LogP contribution in [0.2, 0.25) is 0 Å². The number of hydrogen-bond acceptors (Lipinski definition) is 7. The Hall–Kier alpha value is -0.730. The summed E-state index contributed by atoms with van der Waals surface area (Å²) in [4.78, 5) is 9.01. The van der Waals surface area contributed by atoms with E-state index >= 15 is 0 Å². The number of anilines is 1. The van der Waals surface area contributed by atoms with Crippen LogP contribution in [0.4, 0.5) is 5.13 Å². The minimum atomic E-state index is -2.88. The van der Waals surface area contributed by atoms with E-state index in [0.717, 1.165) is 50.0 Å². The minimum absolute atomic E-state index is 0.242. The van der Waals surface area contributed by atoms with Crippen LogP contribution in [0.25, 0.3) is 0 Å². The molecule has 0 atom stereocenters. The van der Waals surface area contributed by atoms with Crippen LogP contribution in [0.3, 0.4) is 0 Å². The molecule has 1 fully saturated rings. The first-order valence-corrected chi connectivity index (χ1v) is 9.79. The van der Waals surface area contributed by atoms with Gasteiger partial charge in [0.1, 0.15) is 15.7 Å². The van der Waals surface area contributed by atoms with Crippen molar-refractivity contribution in [1.82, 2.24) is 14.3 Å². The second kappa shape index (κ2) is 6.82. The van der Waals surface area contributed by atoms with Crippen molar-refractivity contribution in [1.29, 1.82) is 0 Å². The van der Waals surface area contributed by atoms with Crippen molar-refractivity contribution in [3.63, 3.8) is 0 Å². The van der Waals surface area contributed by atoms with E-state index in [1.807, 2.05) is 0 Å². The third-order valence-corrected chi connectivity index (χ3v) is 5.15. The molecule has 1 saturated heterocycles. The summed E-state index contributed by atoms with van der Waals surface area (Å²) in [7, 11) is -2.88. The quantitative estimate of drug-likeness (QED) is 0.794. The Morgan fingerprint density at radius 1 is 1.25 bits per heavy atom. The normalized spacial score (nSPS) is 18.2. The molecule has 0 aromatic carbocycles. The third kappa shape index (κ3) is 4.68. The molecule has 0 saturated carbocycles. The number of rotatable bonds is 5. The molecule has 0 aliphatic carbocycles. The van der Waals surface area contributed by atoms with Crippen molar-refractivity contribution in [2.75, 3.05) is 49.6 Å². The maximum atomic E-state index is 11.2. The van der Waals surface area contributed by atoms with E-state index in [1.165, 1.54) is 17.8 Å². The molecule has 0 N–H and O–H groups in total.